The highest BCUT2D eigenvalue weighted by atomic mass is 32.2. The molecule has 1 rings (SSSR count). The lowest BCUT2D eigenvalue weighted by Gasteiger charge is -2.35. The van der Waals surface area contributed by atoms with E-state index in [0.29, 0.717) is 42.8 Å². The van der Waals surface area contributed by atoms with E-state index in [2.05, 4.69) is 24.5 Å². The molecule has 2 unspecified atom stereocenters. The first-order chi connectivity index (χ1) is 19.0. The molecule has 0 aromatic heterocycles. The molecule has 0 saturated heterocycles. The predicted molar refractivity (Wildman–Crippen MR) is 165 cm³/mol. The molecule has 1 aromatic carbocycles. The molecule has 0 aliphatic rings. The molecule has 0 saturated carbocycles. The largest absolute Gasteiger partial charge is 0.507 e. The Morgan fingerprint density at radius 2 is 1.68 bits per heavy atom. The van der Waals surface area contributed by atoms with Crippen molar-refractivity contribution in [1.82, 2.24) is 15.5 Å². The topological polar surface area (TPSA) is 108 Å². The molecule has 0 fully saturated rings. The number of unbranched alkanes of at least 4 members (excludes halogenated alkanes) is 6. The van der Waals surface area contributed by atoms with Gasteiger partial charge in [0.2, 0.25) is 11.8 Å². The van der Waals surface area contributed by atoms with E-state index < -0.39 is 23.8 Å². The Kier molecular flexibility index (Phi) is 16.8. The summed E-state index contributed by atoms with van der Waals surface area (Å²) in [5.74, 6) is -0.0503. The second-order valence-corrected chi connectivity index (χ2v) is 12.3. The van der Waals surface area contributed by atoms with Crippen LogP contribution in [-0.4, -0.2) is 64.7 Å². The fourth-order valence-electron chi connectivity index (χ4n) is 4.43. The number of carbonyl (C=O) groups is 3. The van der Waals surface area contributed by atoms with Crippen LogP contribution in [0.25, 0.3) is 0 Å². The summed E-state index contributed by atoms with van der Waals surface area (Å²) in [4.78, 5) is 42.3. The first kappa shape index (κ1) is 35.6. The molecular weight excluding hydrogens is 526 g/mol. The minimum absolute atomic E-state index is 0.000700. The average molecular weight is 580 g/mol. The summed E-state index contributed by atoms with van der Waals surface area (Å²) in [6.07, 6.45) is 9.35. The summed E-state index contributed by atoms with van der Waals surface area (Å²) in [6.45, 7) is 12.1. The summed E-state index contributed by atoms with van der Waals surface area (Å²) < 4.78 is 5.46. The fraction of sp³-hybridized carbons (Fsp3) is 0.710. The number of phenols is 1. The van der Waals surface area contributed by atoms with E-state index >= 15 is 0 Å². The van der Waals surface area contributed by atoms with Crippen LogP contribution in [0.1, 0.15) is 110 Å². The average Bonchev–Trinajstić information content (AvgIpc) is 2.88. The number of phenolic OH excluding ortho intramolecular Hbond substituents is 1. The van der Waals surface area contributed by atoms with Crippen molar-refractivity contribution < 1.29 is 24.2 Å². The SMILES string of the molecule is CCCCCCCN(C(=O)C(CCSC)NC(=O)OC(C)(C)C)C(C(=O)NCCCCC)c1cccc(C)c1O. The van der Waals surface area contributed by atoms with E-state index in [1.807, 2.05) is 6.26 Å². The van der Waals surface area contributed by atoms with Crippen LogP contribution in [0.3, 0.4) is 0 Å². The number of benzene rings is 1. The van der Waals surface area contributed by atoms with Crippen molar-refractivity contribution in [1.29, 1.82) is 0 Å². The Morgan fingerprint density at radius 1 is 1.02 bits per heavy atom. The van der Waals surface area contributed by atoms with Gasteiger partial charge in [-0.3, -0.25) is 9.59 Å². The number of alkyl carbamates (subject to hydrolysis) is 1. The van der Waals surface area contributed by atoms with E-state index in [4.69, 9.17) is 4.74 Å². The molecule has 0 spiro atoms. The lowest BCUT2D eigenvalue weighted by atomic mass is 9.98. The second-order valence-electron chi connectivity index (χ2n) is 11.3. The number of nitrogens with one attached hydrogen (secondary N) is 2. The van der Waals surface area contributed by atoms with Gasteiger partial charge >= 0.3 is 6.09 Å². The highest BCUT2D eigenvalue weighted by Gasteiger charge is 2.37. The van der Waals surface area contributed by atoms with E-state index in [1.165, 1.54) is 0 Å². The summed E-state index contributed by atoms with van der Waals surface area (Å²) in [6, 6.07) is 3.36. The molecule has 2 atom stereocenters. The number of thioether (sulfide) groups is 1. The standard InChI is InChI=1S/C31H53N3O5S/c1-8-10-12-13-15-21-34(29(37)25(19-22-40-7)33-30(38)39-31(4,5)6)26(28(36)32-20-14-11-9-2)24-18-16-17-23(3)27(24)35/h16-18,25-26,35H,8-15,19-22H2,1-7H3,(H,32,36)(H,33,38). The summed E-state index contributed by atoms with van der Waals surface area (Å²) in [7, 11) is 0. The molecule has 9 heteroatoms. The zero-order valence-corrected chi connectivity index (χ0v) is 26.6. The third kappa shape index (κ3) is 12.8. The van der Waals surface area contributed by atoms with Gasteiger partial charge in [-0.2, -0.15) is 11.8 Å². The monoisotopic (exact) mass is 579 g/mol. The highest BCUT2D eigenvalue weighted by molar-refractivity contribution is 7.98. The number of amides is 3. The molecule has 228 valence electrons. The van der Waals surface area contributed by atoms with Crippen LogP contribution in [0, 0.1) is 6.92 Å². The van der Waals surface area contributed by atoms with Crippen LogP contribution >= 0.6 is 11.8 Å². The highest BCUT2D eigenvalue weighted by Crippen LogP contribution is 2.33. The Hall–Kier alpha value is -2.42. The van der Waals surface area contributed by atoms with Crippen LogP contribution in [0.2, 0.25) is 0 Å². The molecular formula is C31H53N3O5S. The van der Waals surface area contributed by atoms with Crippen LogP contribution < -0.4 is 10.6 Å². The maximum Gasteiger partial charge on any atom is 0.408 e. The van der Waals surface area contributed by atoms with Gasteiger partial charge in [0.05, 0.1) is 0 Å². The van der Waals surface area contributed by atoms with Gasteiger partial charge in [0, 0.05) is 18.7 Å². The van der Waals surface area contributed by atoms with Crippen molar-refractivity contribution in [2.75, 3.05) is 25.1 Å². The third-order valence-corrected chi connectivity index (χ3v) is 7.23. The molecule has 0 aliphatic carbocycles. The van der Waals surface area contributed by atoms with E-state index in [0.717, 1.165) is 44.9 Å². The number of aryl methyl sites for hydroxylation is 1. The van der Waals surface area contributed by atoms with Gasteiger partial charge in [0.15, 0.2) is 0 Å². The zero-order chi connectivity index (χ0) is 30.1. The predicted octanol–water partition coefficient (Wildman–Crippen LogP) is 6.49. The van der Waals surface area contributed by atoms with Crippen molar-refractivity contribution in [2.24, 2.45) is 0 Å². The van der Waals surface area contributed by atoms with E-state index in [-0.39, 0.29) is 17.6 Å². The fourth-order valence-corrected chi connectivity index (χ4v) is 4.90. The minimum Gasteiger partial charge on any atom is -0.507 e. The third-order valence-electron chi connectivity index (χ3n) is 6.59. The van der Waals surface area contributed by atoms with Gasteiger partial charge in [-0.25, -0.2) is 4.79 Å². The van der Waals surface area contributed by atoms with Gasteiger partial charge in [-0.1, -0.05) is 70.6 Å². The molecule has 3 N–H and O–H groups in total. The second kappa shape index (κ2) is 18.8. The van der Waals surface area contributed by atoms with Gasteiger partial charge in [0.1, 0.15) is 23.4 Å². The number of hydrogen-bond acceptors (Lipinski definition) is 6. The van der Waals surface area contributed by atoms with Gasteiger partial charge in [-0.15, -0.1) is 0 Å². The van der Waals surface area contributed by atoms with Gasteiger partial charge in [0.25, 0.3) is 0 Å². The summed E-state index contributed by atoms with van der Waals surface area (Å²) >= 11 is 1.58. The van der Waals surface area contributed by atoms with Crippen molar-refractivity contribution >= 4 is 29.7 Å². The molecule has 0 bridgehead atoms. The summed E-state index contributed by atoms with van der Waals surface area (Å²) in [5, 5.41) is 16.8. The van der Waals surface area contributed by atoms with Crippen LogP contribution in [0.15, 0.2) is 18.2 Å². The Labute approximate surface area is 246 Å². The minimum atomic E-state index is -1.03. The Balaban J connectivity index is 3.48. The van der Waals surface area contributed by atoms with Gasteiger partial charge < -0.3 is 25.4 Å². The first-order valence-electron chi connectivity index (χ1n) is 14.8. The van der Waals surface area contributed by atoms with Gasteiger partial charge in [-0.05, 0) is 64.5 Å². The van der Waals surface area contributed by atoms with E-state index in [9.17, 15) is 19.5 Å². The number of rotatable bonds is 18. The van der Waals surface area contributed by atoms with Crippen molar-refractivity contribution in [2.45, 2.75) is 117 Å². The number of hydrogen-bond donors (Lipinski definition) is 3. The molecule has 1 aromatic rings. The van der Waals surface area contributed by atoms with Crippen LogP contribution in [0.4, 0.5) is 4.79 Å². The zero-order valence-electron chi connectivity index (χ0n) is 25.8. The molecule has 3 amide bonds. The quantitative estimate of drug-likeness (QED) is 0.172. The Bertz CT molecular complexity index is 919. The molecule has 0 heterocycles. The van der Waals surface area contributed by atoms with Crippen molar-refractivity contribution in [3.05, 3.63) is 29.3 Å². The smallest absolute Gasteiger partial charge is 0.408 e. The number of carbonyl (C=O) groups excluding carboxylic acids is 3. The van der Waals surface area contributed by atoms with Crippen LogP contribution in [0.5, 0.6) is 5.75 Å². The van der Waals surface area contributed by atoms with E-state index in [1.54, 1.807) is 62.6 Å². The van der Waals surface area contributed by atoms with Crippen molar-refractivity contribution in [3.8, 4) is 5.75 Å². The molecule has 0 aliphatic heterocycles. The number of ether oxygens (including phenoxy) is 1. The Morgan fingerprint density at radius 3 is 2.30 bits per heavy atom. The molecule has 0 radical (unpaired) electrons. The van der Waals surface area contributed by atoms with Crippen LogP contribution in [-0.2, 0) is 14.3 Å². The normalized spacial score (nSPS) is 12.9. The van der Waals surface area contributed by atoms with Crippen molar-refractivity contribution in [3.63, 3.8) is 0 Å². The summed E-state index contributed by atoms with van der Waals surface area (Å²) in [5.41, 5.74) is 0.294. The number of nitrogens with zero attached hydrogens (tertiary/aromatic N) is 1. The first-order valence-corrected chi connectivity index (χ1v) is 16.2. The molecule has 8 nitrogen and oxygen atoms in total. The lowest BCUT2D eigenvalue weighted by Crippen LogP contribution is -2.53. The maximum absolute atomic E-state index is 14.2. The number of aromatic hydroxyl groups is 1. The maximum atomic E-state index is 14.2. The lowest BCUT2D eigenvalue weighted by molar-refractivity contribution is -0.142. The molecule has 40 heavy (non-hydrogen) atoms. The number of para-hydroxylation sites is 1.